The minimum absolute atomic E-state index is 0. The van der Waals surface area contributed by atoms with Crippen molar-refractivity contribution in [2.45, 2.75) is 51.9 Å². The fourth-order valence-corrected chi connectivity index (χ4v) is 3.67. The molecule has 1 fully saturated rings. The van der Waals surface area contributed by atoms with Gasteiger partial charge in [0.1, 0.15) is 0 Å². The monoisotopic (exact) mass is 511 g/mol. The van der Waals surface area contributed by atoms with Crippen LogP contribution < -0.4 is 5.32 Å². The minimum atomic E-state index is 0. The average molecular weight is 511 g/mol. The molecule has 2 heterocycles. The molecular formula is C22H34IN5O. The molecule has 160 valence electrons. The summed E-state index contributed by atoms with van der Waals surface area (Å²) >= 11 is 0. The van der Waals surface area contributed by atoms with Gasteiger partial charge in [-0.15, -0.1) is 24.0 Å². The summed E-state index contributed by atoms with van der Waals surface area (Å²) in [5, 5.41) is 7.51. The van der Waals surface area contributed by atoms with Crippen molar-refractivity contribution in [2.24, 2.45) is 10.9 Å². The van der Waals surface area contributed by atoms with Crippen LogP contribution in [0.4, 0.5) is 0 Å². The van der Waals surface area contributed by atoms with Crippen LogP contribution in [0.25, 0.3) is 0 Å². The Kier molecular flexibility index (Phi) is 9.90. The summed E-state index contributed by atoms with van der Waals surface area (Å²) in [5.74, 6) is 3.59. The largest absolute Gasteiger partial charge is 0.356 e. The molecule has 1 N–H and O–H groups in total. The zero-order valence-electron chi connectivity index (χ0n) is 17.8. The van der Waals surface area contributed by atoms with Gasteiger partial charge in [0.25, 0.3) is 0 Å². The maximum atomic E-state index is 5.31. The van der Waals surface area contributed by atoms with Crippen LogP contribution in [0.3, 0.4) is 0 Å². The van der Waals surface area contributed by atoms with Gasteiger partial charge in [-0.2, -0.15) is 4.98 Å². The van der Waals surface area contributed by atoms with Crippen molar-refractivity contribution in [3.05, 3.63) is 47.6 Å². The Morgan fingerprint density at radius 3 is 2.59 bits per heavy atom. The summed E-state index contributed by atoms with van der Waals surface area (Å²) in [7, 11) is 1.87. The summed E-state index contributed by atoms with van der Waals surface area (Å²) in [6, 6.07) is 10.8. The van der Waals surface area contributed by atoms with E-state index in [1.807, 2.05) is 7.05 Å². The van der Waals surface area contributed by atoms with Crippen molar-refractivity contribution in [3.8, 4) is 0 Å². The van der Waals surface area contributed by atoms with Crippen LogP contribution in [0, 0.1) is 5.92 Å². The number of aromatic nitrogens is 2. The summed E-state index contributed by atoms with van der Waals surface area (Å²) in [5.41, 5.74) is 1.45. The Hall–Kier alpha value is -1.64. The molecule has 1 aliphatic heterocycles. The lowest BCUT2D eigenvalue weighted by Gasteiger charge is -2.34. The van der Waals surface area contributed by atoms with Gasteiger partial charge in [-0.05, 0) is 37.2 Å². The molecule has 7 heteroatoms. The van der Waals surface area contributed by atoms with Gasteiger partial charge in [-0.1, -0.05) is 49.3 Å². The lowest BCUT2D eigenvalue weighted by atomic mass is 9.90. The molecule has 1 saturated heterocycles. The second-order valence-electron chi connectivity index (χ2n) is 7.90. The predicted molar refractivity (Wildman–Crippen MR) is 128 cm³/mol. The number of hydrogen-bond acceptors (Lipinski definition) is 4. The van der Waals surface area contributed by atoms with Crippen molar-refractivity contribution in [2.75, 3.05) is 26.7 Å². The number of aliphatic imine (C=N–C) groups is 1. The predicted octanol–water partition coefficient (Wildman–Crippen LogP) is 4.27. The lowest BCUT2D eigenvalue weighted by molar-refractivity contribution is 0.259. The number of rotatable bonds is 7. The number of likely N-dealkylation sites (tertiary alicyclic amines) is 1. The number of guanidine groups is 1. The normalized spacial score (nSPS) is 15.4. The van der Waals surface area contributed by atoms with Crippen molar-refractivity contribution in [1.29, 1.82) is 0 Å². The van der Waals surface area contributed by atoms with Gasteiger partial charge >= 0.3 is 0 Å². The molecule has 1 aliphatic rings. The fraction of sp³-hybridized carbons (Fsp3) is 0.591. The van der Waals surface area contributed by atoms with Gasteiger partial charge in [-0.25, -0.2) is 0 Å². The van der Waals surface area contributed by atoms with Gasteiger partial charge in [0, 0.05) is 39.0 Å². The van der Waals surface area contributed by atoms with Crippen LogP contribution in [0.5, 0.6) is 0 Å². The smallest absolute Gasteiger partial charge is 0.226 e. The SMILES string of the molecule is CN=C(NCCCc1nc(C(C)C)no1)N1CCC(Cc2ccccc2)CC1.I. The van der Waals surface area contributed by atoms with E-state index in [0.29, 0.717) is 5.92 Å². The molecule has 0 spiro atoms. The molecule has 3 rings (SSSR count). The molecule has 0 atom stereocenters. The summed E-state index contributed by atoms with van der Waals surface area (Å²) < 4.78 is 5.31. The second-order valence-corrected chi connectivity index (χ2v) is 7.90. The number of benzene rings is 1. The Bertz CT molecular complexity index is 739. The van der Waals surface area contributed by atoms with E-state index in [1.54, 1.807) is 0 Å². The topological polar surface area (TPSA) is 66.5 Å². The van der Waals surface area contributed by atoms with E-state index in [-0.39, 0.29) is 24.0 Å². The van der Waals surface area contributed by atoms with Crippen molar-refractivity contribution in [3.63, 3.8) is 0 Å². The van der Waals surface area contributed by atoms with E-state index in [1.165, 1.54) is 24.8 Å². The number of nitrogens with zero attached hydrogens (tertiary/aromatic N) is 4. The minimum Gasteiger partial charge on any atom is -0.356 e. The van der Waals surface area contributed by atoms with Gasteiger partial charge in [0.15, 0.2) is 11.8 Å². The molecule has 0 unspecified atom stereocenters. The first-order valence-corrected chi connectivity index (χ1v) is 10.5. The summed E-state index contributed by atoms with van der Waals surface area (Å²) in [4.78, 5) is 11.3. The second kappa shape index (κ2) is 12.1. The third-order valence-corrected chi connectivity index (χ3v) is 5.34. The van der Waals surface area contributed by atoms with E-state index in [9.17, 15) is 0 Å². The molecule has 0 saturated carbocycles. The highest BCUT2D eigenvalue weighted by Gasteiger charge is 2.21. The molecule has 2 aromatic rings. The quantitative estimate of drug-likeness (QED) is 0.260. The van der Waals surface area contributed by atoms with E-state index >= 15 is 0 Å². The van der Waals surface area contributed by atoms with Crippen LogP contribution in [0.1, 0.15) is 56.3 Å². The van der Waals surface area contributed by atoms with E-state index in [2.05, 4.69) is 69.5 Å². The molecule has 1 aromatic heterocycles. The Morgan fingerprint density at radius 2 is 1.97 bits per heavy atom. The highest BCUT2D eigenvalue weighted by atomic mass is 127. The zero-order chi connectivity index (χ0) is 19.8. The Balaban J connectivity index is 0.00000300. The highest BCUT2D eigenvalue weighted by Crippen LogP contribution is 2.21. The molecule has 1 aromatic carbocycles. The molecule has 0 radical (unpaired) electrons. The summed E-state index contributed by atoms with van der Waals surface area (Å²) in [6.07, 6.45) is 5.36. The number of aryl methyl sites for hydroxylation is 1. The van der Waals surface area contributed by atoms with Crippen molar-refractivity contribution in [1.82, 2.24) is 20.4 Å². The van der Waals surface area contributed by atoms with Crippen LogP contribution in [-0.2, 0) is 12.8 Å². The van der Waals surface area contributed by atoms with E-state index < -0.39 is 0 Å². The number of piperidine rings is 1. The van der Waals surface area contributed by atoms with Crippen molar-refractivity contribution < 1.29 is 4.52 Å². The maximum Gasteiger partial charge on any atom is 0.226 e. The standard InChI is InChI=1S/C22H33N5O.HI/c1-17(2)21-25-20(28-26-21)10-7-13-24-22(23-3)27-14-11-19(12-15-27)16-18-8-5-4-6-9-18;/h4-6,8-9,17,19H,7,10-16H2,1-3H3,(H,23,24);1H. The third kappa shape index (κ3) is 7.28. The number of nitrogens with one attached hydrogen (secondary N) is 1. The Labute approximate surface area is 191 Å². The maximum absolute atomic E-state index is 5.31. The first kappa shape index (κ1) is 23.6. The molecule has 29 heavy (non-hydrogen) atoms. The van der Waals surface area contributed by atoms with Gasteiger partial charge < -0.3 is 14.7 Å². The molecule has 0 amide bonds. The van der Waals surface area contributed by atoms with Gasteiger partial charge in [-0.3, -0.25) is 4.99 Å². The van der Waals surface area contributed by atoms with Crippen molar-refractivity contribution >= 4 is 29.9 Å². The van der Waals surface area contributed by atoms with Crippen LogP contribution in [0.2, 0.25) is 0 Å². The van der Waals surface area contributed by atoms with Gasteiger partial charge in [0.05, 0.1) is 0 Å². The van der Waals surface area contributed by atoms with E-state index in [4.69, 9.17) is 4.52 Å². The van der Waals surface area contributed by atoms with Crippen LogP contribution in [-0.4, -0.2) is 47.7 Å². The van der Waals surface area contributed by atoms with Crippen LogP contribution >= 0.6 is 24.0 Å². The van der Waals surface area contributed by atoms with E-state index in [0.717, 1.165) is 56.1 Å². The van der Waals surface area contributed by atoms with Gasteiger partial charge in [0.2, 0.25) is 5.89 Å². The zero-order valence-corrected chi connectivity index (χ0v) is 20.1. The molecule has 0 aliphatic carbocycles. The fourth-order valence-electron chi connectivity index (χ4n) is 3.67. The highest BCUT2D eigenvalue weighted by molar-refractivity contribution is 14.0. The average Bonchev–Trinajstić information content (AvgIpc) is 3.19. The molecule has 6 nitrogen and oxygen atoms in total. The third-order valence-electron chi connectivity index (χ3n) is 5.34. The Morgan fingerprint density at radius 1 is 1.24 bits per heavy atom. The molecule has 0 bridgehead atoms. The van der Waals surface area contributed by atoms with Crippen LogP contribution in [0.15, 0.2) is 39.8 Å². The lowest BCUT2D eigenvalue weighted by Crippen LogP contribution is -2.46. The first-order chi connectivity index (χ1) is 13.7. The first-order valence-electron chi connectivity index (χ1n) is 10.5. The summed E-state index contributed by atoms with van der Waals surface area (Å²) in [6.45, 7) is 7.14. The number of hydrogen-bond donors (Lipinski definition) is 1. The number of halogens is 1. The molecular weight excluding hydrogens is 477 g/mol.